The van der Waals surface area contributed by atoms with Crippen LogP contribution in [-0.2, 0) is 23.1 Å². The van der Waals surface area contributed by atoms with Gasteiger partial charge < -0.3 is 10.6 Å². The summed E-state index contributed by atoms with van der Waals surface area (Å²) >= 11 is 1.15. The van der Waals surface area contributed by atoms with Crippen LogP contribution >= 0.6 is 11.3 Å². The number of guanidine groups is 1. The van der Waals surface area contributed by atoms with Gasteiger partial charge in [0.1, 0.15) is 4.21 Å². The minimum absolute atomic E-state index is 0.153. The van der Waals surface area contributed by atoms with E-state index < -0.39 is 10.0 Å². The number of aliphatic imine (C=N–C) groups is 1. The highest BCUT2D eigenvalue weighted by Crippen LogP contribution is 2.20. The Balaban J connectivity index is 1.75. The summed E-state index contributed by atoms with van der Waals surface area (Å²) in [6.45, 7) is 7.62. The van der Waals surface area contributed by atoms with Gasteiger partial charge in [-0.15, -0.1) is 11.3 Å². The van der Waals surface area contributed by atoms with Gasteiger partial charge in [-0.2, -0.15) is 5.10 Å². The monoisotopic (exact) mass is 446 g/mol. The molecule has 30 heavy (non-hydrogen) atoms. The number of rotatable bonds is 7. The summed E-state index contributed by atoms with van der Waals surface area (Å²) in [5, 5.41) is 16.2. The van der Waals surface area contributed by atoms with E-state index in [4.69, 9.17) is 10.1 Å². The van der Waals surface area contributed by atoms with Crippen LogP contribution in [0.5, 0.6) is 0 Å². The Labute approximate surface area is 180 Å². The van der Waals surface area contributed by atoms with Crippen molar-refractivity contribution in [1.29, 1.82) is 0 Å². The van der Waals surface area contributed by atoms with E-state index in [9.17, 15) is 8.42 Å². The van der Waals surface area contributed by atoms with Crippen molar-refractivity contribution in [2.75, 3.05) is 6.54 Å². The van der Waals surface area contributed by atoms with Crippen LogP contribution in [0, 0.1) is 13.8 Å². The number of para-hydroxylation sites is 1. The number of benzene rings is 1. The summed E-state index contributed by atoms with van der Waals surface area (Å²) in [5.41, 5.74) is 4.08. The molecule has 0 aliphatic heterocycles. The standard InChI is InChI=1S/C20H26N6O2S2/c1-4-22-20(24-13-17-9-10-19(29-17)30(21,27)28)23-12-16-7-5-6-8-18(16)26-15(3)11-14(2)25-26/h5-11H,4,12-13H2,1-3H3,(H2,21,27,28)(H2,22,23,24). The molecule has 0 saturated carbocycles. The SMILES string of the molecule is CCNC(=NCc1ccccc1-n1nc(C)cc1C)NCc1ccc(S(N)(=O)=O)s1. The Hall–Kier alpha value is -2.69. The Morgan fingerprint density at radius 1 is 1.20 bits per heavy atom. The molecule has 0 amide bonds. The average Bonchev–Trinajstić information content (AvgIpc) is 3.30. The van der Waals surface area contributed by atoms with E-state index in [-0.39, 0.29) is 4.21 Å². The quantitative estimate of drug-likeness (QED) is 0.381. The third-order valence-corrected chi connectivity index (χ3v) is 6.85. The van der Waals surface area contributed by atoms with Crippen molar-refractivity contribution in [3.8, 4) is 5.69 Å². The zero-order valence-electron chi connectivity index (χ0n) is 17.2. The summed E-state index contributed by atoms with van der Waals surface area (Å²) in [6.07, 6.45) is 0. The molecule has 0 saturated heterocycles. The average molecular weight is 447 g/mol. The fraction of sp³-hybridized carbons (Fsp3) is 0.300. The molecule has 10 heteroatoms. The number of nitrogens with one attached hydrogen (secondary N) is 2. The van der Waals surface area contributed by atoms with Gasteiger partial charge in [0.25, 0.3) is 0 Å². The molecule has 160 valence electrons. The smallest absolute Gasteiger partial charge is 0.247 e. The molecule has 0 fully saturated rings. The van der Waals surface area contributed by atoms with Gasteiger partial charge in [0.05, 0.1) is 24.5 Å². The number of thiophene rings is 1. The van der Waals surface area contributed by atoms with E-state index >= 15 is 0 Å². The van der Waals surface area contributed by atoms with Gasteiger partial charge in [-0.3, -0.25) is 0 Å². The first-order valence-corrected chi connectivity index (χ1v) is 11.9. The van der Waals surface area contributed by atoms with Crippen molar-refractivity contribution >= 4 is 27.3 Å². The van der Waals surface area contributed by atoms with Gasteiger partial charge in [-0.05, 0) is 50.6 Å². The Bertz CT molecular complexity index is 1150. The Morgan fingerprint density at radius 2 is 1.97 bits per heavy atom. The number of hydrogen-bond donors (Lipinski definition) is 3. The molecule has 0 radical (unpaired) electrons. The van der Waals surface area contributed by atoms with Gasteiger partial charge in [-0.1, -0.05) is 18.2 Å². The van der Waals surface area contributed by atoms with Crippen LogP contribution in [0.3, 0.4) is 0 Å². The van der Waals surface area contributed by atoms with Crippen LogP contribution in [0.15, 0.2) is 51.7 Å². The molecule has 4 N–H and O–H groups in total. The number of sulfonamides is 1. The highest BCUT2D eigenvalue weighted by molar-refractivity contribution is 7.91. The number of hydrogen-bond acceptors (Lipinski definition) is 5. The predicted octanol–water partition coefficient (Wildman–Crippen LogP) is 2.45. The molecule has 0 bridgehead atoms. The fourth-order valence-electron chi connectivity index (χ4n) is 3.01. The fourth-order valence-corrected chi connectivity index (χ4v) is 4.73. The van der Waals surface area contributed by atoms with E-state index in [0.717, 1.165) is 38.9 Å². The lowest BCUT2D eigenvalue weighted by molar-refractivity contribution is 0.600. The van der Waals surface area contributed by atoms with Gasteiger partial charge in [-0.25, -0.2) is 23.2 Å². The lowest BCUT2D eigenvalue weighted by Crippen LogP contribution is -2.36. The van der Waals surface area contributed by atoms with Gasteiger partial charge >= 0.3 is 0 Å². The molecular weight excluding hydrogens is 420 g/mol. The predicted molar refractivity (Wildman–Crippen MR) is 120 cm³/mol. The third kappa shape index (κ3) is 5.47. The Kier molecular flexibility index (Phi) is 6.91. The normalized spacial score (nSPS) is 12.2. The molecule has 0 atom stereocenters. The summed E-state index contributed by atoms with van der Waals surface area (Å²) in [5.74, 6) is 0.645. The van der Waals surface area contributed by atoms with Crippen LogP contribution < -0.4 is 15.8 Å². The molecular formula is C20H26N6O2S2. The molecule has 0 unspecified atom stereocenters. The van der Waals surface area contributed by atoms with Gasteiger partial charge in [0, 0.05) is 17.1 Å². The molecule has 0 aliphatic carbocycles. The first-order chi connectivity index (χ1) is 14.3. The van der Waals surface area contributed by atoms with E-state index in [0.29, 0.717) is 25.6 Å². The first kappa shape index (κ1) is 22.0. The lowest BCUT2D eigenvalue weighted by Gasteiger charge is -2.13. The first-order valence-electron chi connectivity index (χ1n) is 9.53. The second kappa shape index (κ2) is 9.41. The molecule has 0 spiro atoms. The zero-order chi connectivity index (χ0) is 21.7. The van der Waals surface area contributed by atoms with Crippen molar-refractivity contribution in [1.82, 2.24) is 20.4 Å². The van der Waals surface area contributed by atoms with Crippen molar-refractivity contribution < 1.29 is 8.42 Å². The molecule has 2 aromatic heterocycles. The maximum atomic E-state index is 11.4. The summed E-state index contributed by atoms with van der Waals surface area (Å²) in [6, 6.07) is 13.4. The lowest BCUT2D eigenvalue weighted by atomic mass is 10.2. The van der Waals surface area contributed by atoms with Crippen LogP contribution in [0.4, 0.5) is 0 Å². The van der Waals surface area contributed by atoms with Crippen molar-refractivity contribution in [3.05, 3.63) is 64.3 Å². The van der Waals surface area contributed by atoms with Crippen molar-refractivity contribution in [3.63, 3.8) is 0 Å². The van der Waals surface area contributed by atoms with Crippen molar-refractivity contribution in [2.45, 2.75) is 38.1 Å². The maximum absolute atomic E-state index is 11.4. The largest absolute Gasteiger partial charge is 0.357 e. The van der Waals surface area contributed by atoms with Crippen LogP contribution in [-0.4, -0.2) is 30.7 Å². The minimum atomic E-state index is -3.67. The van der Waals surface area contributed by atoms with Gasteiger partial charge in [0.15, 0.2) is 5.96 Å². The van der Waals surface area contributed by atoms with E-state index in [1.54, 1.807) is 6.07 Å². The third-order valence-electron chi connectivity index (χ3n) is 4.33. The number of nitrogens with zero attached hydrogens (tertiary/aromatic N) is 3. The van der Waals surface area contributed by atoms with Crippen molar-refractivity contribution in [2.24, 2.45) is 10.1 Å². The topological polar surface area (TPSA) is 114 Å². The van der Waals surface area contributed by atoms with Crippen LogP contribution in [0.1, 0.15) is 28.8 Å². The molecule has 1 aromatic carbocycles. The molecule has 3 rings (SSSR count). The van der Waals surface area contributed by atoms with E-state index in [1.807, 2.05) is 55.8 Å². The Morgan fingerprint density at radius 3 is 2.60 bits per heavy atom. The zero-order valence-corrected chi connectivity index (χ0v) is 18.8. The number of primary sulfonamides is 1. The van der Waals surface area contributed by atoms with Crippen LogP contribution in [0.25, 0.3) is 5.69 Å². The summed E-state index contributed by atoms with van der Waals surface area (Å²) in [4.78, 5) is 5.55. The van der Waals surface area contributed by atoms with Gasteiger partial charge in [0.2, 0.25) is 10.0 Å². The second-order valence-electron chi connectivity index (χ2n) is 6.78. The minimum Gasteiger partial charge on any atom is -0.357 e. The highest BCUT2D eigenvalue weighted by atomic mass is 32.2. The highest BCUT2D eigenvalue weighted by Gasteiger charge is 2.12. The summed E-state index contributed by atoms with van der Waals surface area (Å²) in [7, 11) is -3.67. The van der Waals surface area contributed by atoms with E-state index in [1.165, 1.54) is 6.07 Å². The number of nitrogens with two attached hydrogens (primary N) is 1. The molecule has 0 aliphatic rings. The maximum Gasteiger partial charge on any atom is 0.247 e. The second-order valence-corrected chi connectivity index (χ2v) is 9.74. The molecule has 3 aromatic rings. The van der Waals surface area contributed by atoms with Crippen LogP contribution in [0.2, 0.25) is 0 Å². The molecule has 8 nitrogen and oxygen atoms in total. The summed E-state index contributed by atoms with van der Waals surface area (Å²) < 4.78 is 25.0. The number of aromatic nitrogens is 2. The molecule has 2 heterocycles. The number of aryl methyl sites for hydroxylation is 2. The van der Waals surface area contributed by atoms with E-state index in [2.05, 4.69) is 15.7 Å².